The smallest absolute Gasteiger partial charge is 0.127 e. The first-order valence-corrected chi connectivity index (χ1v) is 6.01. The third-order valence-corrected chi connectivity index (χ3v) is 2.84. The second-order valence-corrected chi connectivity index (χ2v) is 4.27. The van der Waals surface area contributed by atoms with Crippen molar-refractivity contribution in [3.05, 3.63) is 65.7 Å². The normalized spacial score (nSPS) is 11.8. The maximum atomic E-state index is 10.8. The van der Waals surface area contributed by atoms with E-state index in [0.29, 0.717) is 6.61 Å². The summed E-state index contributed by atoms with van der Waals surface area (Å²) in [7, 11) is 0. The quantitative estimate of drug-likeness (QED) is 0.747. The van der Waals surface area contributed by atoms with Crippen molar-refractivity contribution in [3.63, 3.8) is 0 Å². The zero-order valence-corrected chi connectivity index (χ0v) is 10.4. The third kappa shape index (κ3) is 3.20. The Bertz CT molecular complexity index is 506. The molecular weight excluding hydrogens is 224 g/mol. The van der Waals surface area contributed by atoms with Gasteiger partial charge in [-0.05, 0) is 23.3 Å². The number of rotatable bonds is 5. The fourth-order valence-corrected chi connectivity index (χ4v) is 1.71. The van der Waals surface area contributed by atoms with Crippen molar-refractivity contribution in [2.24, 2.45) is 0 Å². The van der Waals surface area contributed by atoms with E-state index in [0.717, 1.165) is 23.2 Å². The van der Waals surface area contributed by atoms with Crippen molar-refractivity contribution in [2.75, 3.05) is 0 Å². The van der Waals surface area contributed by atoms with Gasteiger partial charge in [-0.3, -0.25) is 0 Å². The molecule has 92 valence electrons. The predicted octanol–water partition coefficient (Wildman–Crippen LogP) is 3.57. The number of hydrogen-bond acceptors (Lipinski definition) is 2. The molecule has 0 radical (unpaired) electrons. The Balaban J connectivity index is 2.04. The molecule has 18 heavy (non-hydrogen) atoms. The second-order valence-electron chi connectivity index (χ2n) is 4.27. The highest BCUT2D eigenvalue weighted by atomic mass is 16.5. The summed E-state index contributed by atoms with van der Waals surface area (Å²) in [6.45, 7) is 2.42. The number of ether oxygens (including phenoxy) is 1. The van der Waals surface area contributed by atoms with Crippen LogP contribution >= 0.6 is 0 Å². The average molecular weight is 240 g/mol. The molecule has 1 atom stereocenters. The maximum absolute atomic E-state index is 10.8. The van der Waals surface area contributed by atoms with Crippen molar-refractivity contribution in [1.82, 2.24) is 0 Å². The zero-order valence-electron chi connectivity index (χ0n) is 10.4. The van der Waals surface area contributed by atoms with E-state index in [2.05, 4.69) is 0 Å². The van der Waals surface area contributed by atoms with Gasteiger partial charge in [-0.15, -0.1) is 0 Å². The number of hydrogen-bond donors (Lipinski definition) is 0. The molecule has 0 saturated carbocycles. The van der Waals surface area contributed by atoms with Gasteiger partial charge in [0.05, 0.1) is 0 Å². The van der Waals surface area contributed by atoms with Crippen LogP contribution in [-0.4, -0.2) is 6.29 Å². The molecule has 2 nitrogen and oxygen atoms in total. The molecule has 0 aliphatic rings. The third-order valence-electron chi connectivity index (χ3n) is 2.84. The summed E-state index contributed by atoms with van der Waals surface area (Å²) in [5.74, 6) is 0.704. The minimum atomic E-state index is -0.0923. The SMILES string of the molecule is CC(C=O)c1cccc(OCc2ccccc2)c1. The highest BCUT2D eigenvalue weighted by molar-refractivity contribution is 5.61. The molecule has 2 rings (SSSR count). The molecule has 0 heterocycles. The molecule has 0 saturated heterocycles. The Kier molecular flexibility index (Phi) is 4.13. The summed E-state index contributed by atoms with van der Waals surface area (Å²) >= 11 is 0. The topological polar surface area (TPSA) is 26.3 Å². The first-order chi connectivity index (χ1) is 8.79. The van der Waals surface area contributed by atoms with Gasteiger partial charge >= 0.3 is 0 Å². The van der Waals surface area contributed by atoms with Crippen molar-refractivity contribution < 1.29 is 9.53 Å². The van der Waals surface area contributed by atoms with Crippen LogP contribution in [0.3, 0.4) is 0 Å². The highest BCUT2D eigenvalue weighted by Gasteiger charge is 2.04. The van der Waals surface area contributed by atoms with E-state index in [9.17, 15) is 4.79 Å². The number of aldehydes is 1. The number of carbonyl (C=O) groups is 1. The highest BCUT2D eigenvalue weighted by Crippen LogP contribution is 2.20. The molecule has 0 fully saturated rings. The minimum Gasteiger partial charge on any atom is -0.489 e. The van der Waals surface area contributed by atoms with Crippen LogP contribution in [0, 0.1) is 0 Å². The predicted molar refractivity (Wildman–Crippen MR) is 71.7 cm³/mol. The molecule has 2 aromatic rings. The summed E-state index contributed by atoms with van der Waals surface area (Å²) in [5.41, 5.74) is 2.11. The van der Waals surface area contributed by atoms with Gasteiger partial charge in [-0.25, -0.2) is 0 Å². The van der Waals surface area contributed by atoms with E-state index in [1.807, 2.05) is 61.5 Å². The number of benzene rings is 2. The van der Waals surface area contributed by atoms with Crippen molar-refractivity contribution in [2.45, 2.75) is 19.4 Å². The van der Waals surface area contributed by atoms with Crippen LogP contribution in [0.25, 0.3) is 0 Å². The van der Waals surface area contributed by atoms with Gasteiger partial charge in [0.1, 0.15) is 18.6 Å². The largest absolute Gasteiger partial charge is 0.489 e. The lowest BCUT2D eigenvalue weighted by molar-refractivity contribution is -0.108. The minimum absolute atomic E-state index is 0.0923. The number of carbonyl (C=O) groups excluding carboxylic acids is 1. The molecule has 0 aliphatic carbocycles. The van der Waals surface area contributed by atoms with Crippen molar-refractivity contribution in [1.29, 1.82) is 0 Å². The van der Waals surface area contributed by atoms with Gasteiger partial charge in [0.15, 0.2) is 0 Å². The van der Waals surface area contributed by atoms with Crippen LogP contribution in [0.4, 0.5) is 0 Å². The van der Waals surface area contributed by atoms with E-state index >= 15 is 0 Å². The van der Waals surface area contributed by atoms with Crippen LogP contribution in [0.5, 0.6) is 5.75 Å². The Morgan fingerprint density at radius 1 is 1.11 bits per heavy atom. The molecule has 2 heteroatoms. The van der Waals surface area contributed by atoms with E-state index in [-0.39, 0.29) is 5.92 Å². The lowest BCUT2D eigenvalue weighted by Gasteiger charge is -2.09. The van der Waals surface area contributed by atoms with Crippen LogP contribution in [0.2, 0.25) is 0 Å². The molecule has 0 N–H and O–H groups in total. The van der Waals surface area contributed by atoms with Gasteiger partial charge < -0.3 is 9.53 Å². The molecule has 0 spiro atoms. The zero-order chi connectivity index (χ0) is 12.8. The van der Waals surface area contributed by atoms with Gasteiger partial charge in [0.2, 0.25) is 0 Å². The Hall–Kier alpha value is -2.09. The van der Waals surface area contributed by atoms with Gasteiger partial charge in [-0.1, -0.05) is 49.4 Å². The molecule has 1 unspecified atom stereocenters. The Labute approximate surface area is 107 Å². The van der Waals surface area contributed by atoms with E-state index in [1.54, 1.807) is 0 Å². The molecular formula is C16H16O2. The summed E-state index contributed by atoms with van der Waals surface area (Å²) < 4.78 is 5.71. The van der Waals surface area contributed by atoms with Gasteiger partial charge in [-0.2, -0.15) is 0 Å². The second kappa shape index (κ2) is 6.01. The average Bonchev–Trinajstić information content (AvgIpc) is 2.45. The first-order valence-electron chi connectivity index (χ1n) is 6.01. The van der Waals surface area contributed by atoms with Crippen LogP contribution < -0.4 is 4.74 Å². The van der Waals surface area contributed by atoms with Crippen molar-refractivity contribution in [3.8, 4) is 5.75 Å². The lowest BCUT2D eigenvalue weighted by Crippen LogP contribution is -1.98. The molecule has 0 aliphatic heterocycles. The van der Waals surface area contributed by atoms with Crippen LogP contribution in [-0.2, 0) is 11.4 Å². The van der Waals surface area contributed by atoms with Gasteiger partial charge in [0.25, 0.3) is 0 Å². The fraction of sp³-hybridized carbons (Fsp3) is 0.188. The first kappa shape index (κ1) is 12.4. The molecule has 0 amide bonds. The van der Waals surface area contributed by atoms with Crippen LogP contribution in [0.15, 0.2) is 54.6 Å². The lowest BCUT2D eigenvalue weighted by atomic mass is 10.0. The van der Waals surface area contributed by atoms with E-state index in [1.165, 1.54) is 0 Å². The van der Waals surface area contributed by atoms with Crippen LogP contribution in [0.1, 0.15) is 24.0 Å². The van der Waals surface area contributed by atoms with Gasteiger partial charge in [0, 0.05) is 5.92 Å². The summed E-state index contributed by atoms with van der Waals surface area (Å²) in [6.07, 6.45) is 0.941. The Morgan fingerprint density at radius 3 is 2.61 bits per heavy atom. The van der Waals surface area contributed by atoms with Crippen molar-refractivity contribution >= 4 is 6.29 Å². The summed E-state index contributed by atoms with van der Waals surface area (Å²) in [6, 6.07) is 17.7. The molecule has 0 aromatic heterocycles. The summed E-state index contributed by atoms with van der Waals surface area (Å²) in [4.78, 5) is 10.8. The van der Waals surface area contributed by atoms with E-state index in [4.69, 9.17) is 4.74 Å². The standard InChI is InChI=1S/C16H16O2/c1-13(11-17)15-8-5-9-16(10-15)18-12-14-6-3-2-4-7-14/h2-11,13H,12H2,1H3. The van der Waals surface area contributed by atoms with E-state index < -0.39 is 0 Å². The Morgan fingerprint density at radius 2 is 1.89 bits per heavy atom. The summed E-state index contributed by atoms with van der Waals surface area (Å²) in [5, 5.41) is 0. The molecule has 2 aromatic carbocycles. The monoisotopic (exact) mass is 240 g/mol. The fourth-order valence-electron chi connectivity index (χ4n) is 1.71. The molecule has 0 bridgehead atoms. The maximum Gasteiger partial charge on any atom is 0.127 e.